The van der Waals surface area contributed by atoms with Crippen molar-refractivity contribution in [3.63, 3.8) is 0 Å². The fourth-order valence-corrected chi connectivity index (χ4v) is 2.41. The van der Waals surface area contributed by atoms with E-state index in [1.165, 1.54) is 6.26 Å². The molecule has 1 aromatic heterocycles. The van der Waals surface area contributed by atoms with Gasteiger partial charge in [-0.1, -0.05) is 37.1 Å². The number of hydrogen-bond donors (Lipinski definition) is 0. The van der Waals surface area contributed by atoms with Gasteiger partial charge in [-0.3, -0.25) is 4.79 Å². The molecule has 4 nitrogen and oxygen atoms in total. The van der Waals surface area contributed by atoms with E-state index in [0.717, 1.165) is 12.8 Å². The molecule has 2 aromatic carbocycles. The van der Waals surface area contributed by atoms with Gasteiger partial charge >= 0.3 is 0 Å². The van der Waals surface area contributed by atoms with Gasteiger partial charge in [-0.15, -0.1) is 0 Å². The van der Waals surface area contributed by atoms with E-state index in [4.69, 9.17) is 25.5 Å². The highest BCUT2D eigenvalue weighted by atomic mass is 35.5. The number of benzene rings is 2. The standard InChI is InChI=1S/C19H17ClO4/c1-2-3-10-22-13-8-9-14-17(11-13)23-12-18(19(14)21)24-16-7-5-4-6-15(16)20/h4-9,11-12H,2-3,10H2,1H3. The number of hydrogen-bond acceptors (Lipinski definition) is 4. The third-order valence-electron chi connectivity index (χ3n) is 3.54. The third-order valence-corrected chi connectivity index (χ3v) is 3.85. The van der Waals surface area contributed by atoms with E-state index in [1.54, 1.807) is 42.5 Å². The Bertz CT molecular complexity index is 901. The van der Waals surface area contributed by atoms with Crippen molar-refractivity contribution < 1.29 is 13.9 Å². The van der Waals surface area contributed by atoms with Gasteiger partial charge in [0.25, 0.3) is 0 Å². The first-order valence-electron chi connectivity index (χ1n) is 7.80. The average molecular weight is 345 g/mol. The van der Waals surface area contributed by atoms with Crippen molar-refractivity contribution in [1.29, 1.82) is 0 Å². The Hall–Kier alpha value is -2.46. The summed E-state index contributed by atoms with van der Waals surface area (Å²) in [5.74, 6) is 1.18. The molecule has 0 atom stereocenters. The lowest BCUT2D eigenvalue weighted by atomic mass is 10.2. The Kier molecular flexibility index (Phi) is 5.06. The number of halogens is 1. The largest absolute Gasteiger partial charge is 0.493 e. The number of fused-ring (bicyclic) bond motifs is 1. The first-order chi connectivity index (χ1) is 11.7. The van der Waals surface area contributed by atoms with E-state index in [9.17, 15) is 4.79 Å². The van der Waals surface area contributed by atoms with Crippen LogP contribution in [0.2, 0.25) is 5.02 Å². The summed E-state index contributed by atoms with van der Waals surface area (Å²) in [6.45, 7) is 2.74. The lowest BCUT2D eigenvalue weighted by Crippen LogP contribution is -2.05. The molecule has 0 aliphatic carbocycles. The minimum Gasteiger partial charge on any atom is -0.493 e. The summed E-state index contributed by atoms with van der Waals surface area (Å²) in [5.41, 5.74) is 0.205. The highest BCUT2D eigenvalue weighted by Gasteiger charge is 2.11. The molecule has 5 heteroatoms. The summed E-state index contributed by atoms with van der Waals surface area (Å²) >= 11 is 6.05. The molecular formula is C19H17ClO4. The maximum absolute atomic E-state index is 12.5. The second kappa shape index (κ2) is 7.41. The molecule has 0 bridgehead atoms. The van der Waals surface area contributed by atoms with Crippen LogP contribution in [-0.4, -0.2) is 6.61 Å². The van der Waals surface area contributed by atoms with Crippen LogP contribution in [0.15, 0.2) is 57.9 Å². The van der Waals surface area contributed by atoms with Crippen molar-refractivity contribution in [2.75, 3.05) is 6.61 Å². The monoisotopic (exact) mass is 344 g/mol. The molecule has 0 radical (unpaired) electrons. The molecule has 1 heterocycles. The molecule has 0 N–H and O–H groups in total. The van der Waals surface area contributed by atoms with Crippen LogP contribution in [-0.2, 0) is 0 Å². The Morgan fingerprint density at radius 2 is 1.96 bits per heavy atom. The second-order valence-electron chi connectivity index (χ2n) is 5.32. The van der Waals surface area contributed by atoms with Gasteiger partial charge < -0.3 is 13.9 Å². The molecule has 0 spiro atoms. The van der Waals surface area contributed by atoms with Gasteiger partial charge in [-0.05, 0) is 30.7 Å². The first-order valence-corrected chi connectivity index (χ1v) is 8.17. The predicted octanol–water partition coefficient (Wildman–Crippen LogP) is 5.42. The van der Waals surface area contributed by atoms with E-state index in [-0.39, 0.29) is 11.2 Å². The summed E-state index contributed by atoms with van der Waals surface area (Å²) in [5, 5.41) is 0.860. The van der Waals surface area contributed by atoms with E-state index >= 15 is 0 Å². The van der Waals surface area contributed by atoms with Gasteiger partial charge in [0.1, 0.15) is 23.3 Å². The van der Waals surface area contributed by atoms with Crippen molar-refractivity contribution in [3.05, 3.63) is 64.0 Å². The lowest BCUT2D eigenvalue weighted by molar-refractivity contribution is 0.309. The normalized spacial score (nSPS) is 10.8. The Morgan fingerprint density at radius 1 is 1.12 bits per heavy atom. The molecule has 3 rings (SSSR count). The molecule has 0 aliphatic heterocycles. The van der Waals surface area contributed by atoms with Crippen LogP contribution in [0, 0.1) is 0 Å². The van der Waals surface area contributed by atoms with E-state index < -0.39 is 0 Å². The highest BCUT2D eigenvalue weighted by molar-refractivity contribution is 6.32. The fraction of sp³-hybridized carbons (Fsp3) is 0.211. The SMILES string of the molecule is CCCCOc1ccc2c(=O)c(Oc3ccccc3Cl)coc2c1. The lowest BCUT2D eigenvalue weighted by Gasteiger charge is -2.08. The molecule has 0 unspecified atom stereocenters. The van der Waals surface area contributed by atoms with Crippen molar-refractivity contribution >= 4 is 22.6 Å². The molecule has 0 saturated carbocycles. The fourth-order valence-electron chi connectivity index (χ4n) is 2.23. The zero-order valence-electron chi connectivity index (χ0n) is 13.3. The molecule has 0 fully saturated rings. The van der Waals surface area contributed by atoms with Crippen LogP contribution in [0.3, 0.4) is 0 Å². The molecule has 0 amide bonds. The number of ether oxygens (including phenoxy) is 2. The van der Waals surface area contributed by atoms with Crippen LogP contribution in [0.1, 0.15) is 19.8 Å². The predicted molar refractivity (Wildman–Crippen MR) is 94.4 cm³/mol. The van der Waals surface area contributed by atoms with Gasteiger partial charge in [0.05, 0.1) is 17.0 Å². The third kappa shape index (κ3) is 3.54. The summed E-state index contributed by atoms with van der Waals surface area (Å²) in [6, 6.07) is 12.1. The summed E-state index contributed by atoms with van der Waals surface area (Å²) in [6.07, 6.45) is 3.34. The summed E-state index contributed by atoms with van der Waals surface area (Å²) < 4.78 is 16.7. The molecule has 0 saturated heterocycles. The first kappa shape index (κ1) is 16.4. The van der Waals surface area contributed by atoms with Crippen LogP contribution in [0.4, 0.5) is 0 Å². The van der Waals surface area contributed by atoms with Crippen molar-refractivity contribution in [1.82, 2.24) is 0 Å². The smallest absolute Gasteiger partial charge is 0.235 e. The Balaban J connectivity index is 1.89. The van der Waals surface area contributed by atoms with Gasteiger partial charge in [0.15, 0.2) is 0 Å². The molecule has 0 aliphatic rings. The molecule has 124 valence electrons. The van der Waals surface area contributed by atoms with E-state index in [2.05, 4.69) is 6.92 Å². The van der Waals surface area contributed by atoms with Crippen LogP contribution in [0.5, 0.6) is 17.2 Å². The number of rotatable bonds is 6. The Labute approximate surface area is 144 Å². The molecule has 3 aromatic rings. The zero-order valence-corrected chi connectivity index (χ0v) is 14.0. The minimum atomic E-state index is -0.253. The van der Waals surface area contributed by atoms with Crippen molar-refractivity contribution in [2.45, 2.75) is 19.8 Å². The summed E-state index contributed by atoms with van der Waals surface area (Å²) in [4.78, 5) is 12.5. The quantitative estimate of drug-likeness (QED) is 0.560. The van der Waals surface area contributed by atoms with Gasteiger partial charge in [-0.2, -0.15) is 0 Å². The van der Waals surface area contributed by atoms with Crippen LogP contribution in [0.25, 0.3) is 11.0 Å². The average Bonchev–Trinajstić information content (AvgIpc) is 2.59. The topological polar surface area (TPSA) is 48.7 Å². The van der Waals surface area contributed by atoms with E-state index in [0.29, 0.717) is 34.1 Å². The maximum atomic E-state index is 12.5. The van der Waals surface area contributed by atoms with Crippen LogP contribution >= 0.6 is 11.6 Å². The second-order valence-corrected chi connectivity index (χ2v) is 5.73. The number of unbranched alkanes of at least 4 members (excludes halogenated alkanes) is 1. The highest BCUT2D eigenvalue weighted by Crippen LogP contribution is 2.28. The molecular weight excluding hydrogens is 328 g/mol. The van der Waals surface area contributed by atoms with Crippen molar-refractivity contribution in [2.24, 2.45) is 0 Å². The Morgan fingerprint density at radius 3 is 2.75 bits per heavy atom. The van der Waals surface area contributed by atoms with Gasteiger partial charge in [0, 0.05) is 6.07 Å². The van der Waals surface area contributed by atoms with Gasteiger partial charge in [-0.25, -0.2) is 0 Å². The van der Waals surface area contributed by atoms with Crippen LogP contribution < -0.4 is 14.9 Å². The van der Waals surface area contributed by atoms with Gasteiger partial charge in [0.2, 0.25) is 11.2 Å². The zero-order chi connectivity index (χ0) is 16.9. The minimum absolute atomic E-state index is 0.0928. The van der Waals surface area contributed by atoms with Crippen molar-refractivity contribution in [3.8, 4) is 17.2 Å². The summed E-state index contributed by atoms with van der Waals surface area (Å²) in [7, 11) is 0. The number of para-hydroxylation sites is 1. The molecule has 24 heavy (non-hydrogen) atoms. The maximum Gasteiger partial charge on any atom is 0.235 e. The van der Waals surface area contributed by atoms with E-state index in [1.807, 2.05) is 0 Å².